The molecule has 3 nitrogen and oxygen atoms in total. The highest BCUT2D eigenvalue weighted by Gasteiger charge is 2.33. The molecule has 1 aromatic rings. The highest BCUT2D eigenvalue weighted by atomic mass is 79.9. The number of alkyl halides is 3. The molecule has 0 saturated heterocycles. The predicted octanol–water partition coefficient (Wildman–Crippen LogP) is 2.82. The zero-order valence-corrected chi connectivity index (χ0v) is 11.8. The second-order valence-electron chi connectivity index (χ2n) is 4.25. The van der Waals surface area contributed by atoms with E-state index in [9.17, 15) is 18.0 Å². The first kappa shape index (κ1) is 16.0. The van der Waals surface area contributed by atoms with Crippen molar-refractivity contribution in [2.75, 3.05) is 0 Å². The molecule has 7 heteroatoms. The Labute approximate surface area is 117 Å². The number of nitrogens with two attached hydrogens (primary N) is 1. The lowest BCUT2D eigenvalue weighted by molar-refractivity contribution is -0.138. The van der Waals surface area contributed by atoms with Crippen LogP contribution in [0.1, 0.15) is 24.5 Å². The van der Waals surface area contributed by atoms with Crippen molar-refractivity contribution in [1.29, 1.82) is 0 Å². The van der Waals surface area contributed by atoms with Gasteiger partial charge < -0.3 is 11.1 Å². The average Bonchev–Trinajstić information content (AvgIpc) is 2.25. The van der Waals surface area contributed by atoms with Crippen molar-refractivity contribution in [3.63, 3.8) is 0 Å². The molecule has 1 amide bonds. The van der Waals surface area contributed by atoms with E-state index in [1.807, 2.05) is 0 Å². The molecule has 0 aliphatic carbocycles. The van der Waals surface area contributed by atoms with Gasteiger partial charge in [0, 0.05) is 23.5 Å². The maximum Gasteiger partial charge on any atom is 0.416 e. The first-order chi connectivity index (χ1) is 8.70. The van der Waals surface area contributed by atoms with E-state index in [1.54, 1.807) is 13.0 Å². The first-order valence-corrected chi connectivity index (χ1v) is 6.36. The number of nitrogens with one attached hydrogen (secondary N) is 1. The average molecular weight is 339 g/mol. The lowest BCUT2D eigenvalue weighted by Gasteiger charge is -2.16. The molecule has 1 unspecified atom stereocenters. The van der Waals surface area contributed by atoms with E-state index >= 15 is 0 Å². The van der Waals surface area contributed by atoms with E-state index in [1.165, 1.54) is 6.07 Å². The molecule has 0 spiro atoms. The third-order valence-corrected chi connectivity index (χ3v) is 3.02. The topological polar surface area (TPSA) is 55.1 Å². The van der Waals surface area contributed by atoms with Crippen LogP contribution in [0.4, 0.5) is 13.2 Å². The van der Waals surface area contributed by atoms with E-state index in [-0.39, 0.29) is 24.6 Å². The Balaban J connectivity index is 2.81. The number of carbonyl (C=O) groups is 1. The fourth-order valence-corrected chi connectivity index (χ4v) is 1.99. The van der Waals surface area contributed by atoms with Gasteiger partial charge in [0.05, 0.1) is 5.56 Å². The molecular formula is C12H14BrF3N2O. The fourth-order valence-electron chi connectivity index (χ4n) is 1.62. The van der Waals surface area contributed by atoms with Crippen molar-refractivity contribution < 1.29 is 18.0 Å². The van der Waals surface area contributed by atoms with Gasteiger partial charge in [0.1, 0.15) is 0 Å². The van der Waals surface area contributed by atoms with Crippen molar-refractivity contribution in [3.05, 3.63) is 33.8 Å². The Kier molecular flexibility index (Phi) is 5.37. The number of rotatable bonds is 5. The number of hydrogen-bond donors (Lipinski definition) is 2. The summed E-state index contributed by atoms with van der Waals surface area (Å²) < 4.78 is 38.9. The minimum absolute atomic E-state index is 0.0244. The van der Waals surface area contributed by atoms with Gasteiger partial charge in [-0.2, -0.15) is 13.2 Å². The number of halogens is 4. The normalized spacial score (nSPS) is 13.3. The number of amides is 1. The molecule has 0 bridgehead atoms. The number of benzene rings is 1. The molecule has 1 rings (SSSR count). The molecule has 0 aliphatic rings. The summed E-state index contributed by atoms with van der Waals surface area (Å²) in [7, 11) is 0. The van der Waals surface area contributed by atoms with Gasteiger partial charge in [-0.15, -0.1) is 0 Å². The minimum Gasteiger partial charge on any atom is -0.370 e. The summed E-state index contributed by atoms with van der Waals surface area (Å²) in [6.45, 7) is 1.72. The number of hydrogen-bond acceptors (Lipinski definition) is 2. The van der Waals surface area contributed by atoms with Gasteiger partial charge in [-0.05, 0) is 24.6 Å². The minimum atomic E-state index is -4.41. The Hall–Kier alpha value is -1.08. The summed E-state index contributed by atoms with van der Waals surface area (Å²) in [5.74, 6) is -0.494. The van der Waals surface area contributed by atoms with Gasteiger partial charge in [0.15, 0.2) is 0 Å². The second-order valence-corrected chi connectivity index (χ2v) is 5.17. The summed E-state index contributed by atoms with van der Waals surface area (Å²) in [6, 6.07) is 3.71. The molecule has 106 valence electrons. The van der Waals surface area contributed by atoms with Crippen LogP contribution in [-0.4, -0.2) is 11.9 Å². The fraction of sp³-hybridized carbons (Fsp3) is 0.417. The molecule has 1 atom stereocenters. The number of primary amides is 1. The van der Waals surface area contributed by atoms with Crippen LogP contribution >= 0.6 is 15.9 Å². The van der Waals surface area contributed by atoms with Gasteiger partial charge in [-0.3, -0.25) is 4.79 Å². The van der Waals surface area contributed by atoms with Crippen LogP contribution < -0.4 is 11.1 Å². The van der Waals surface area contributed by atoms with Crippen molar-refractivity contribution in [2.45, 2.75) is 32.1 Å². The largest absolute Gasteiger partial charge is 0.416 e. The van der Waals surface area contributed by atoms with E-state index in [0.717, 1.165) is 6.07 Å². The smallest absolute Gasteiger partial charge is 0.370 e. The summed E-state index contributed by atoms with van der Waals surface area (Å²) >= 11 is 3.02. The van der Waals surface area contributed by atoms with Gasteiger partial charge in [0.25, 0.3) is 0 Å². The van der Waals surface area contributed by atoms with Crippen LogP contribution in [0.25, 0.3) is 0 Å². The molecular weight excluding hydrogens is 325 g/mol. The first-order valence-electron chi connectivity index (χ1n) is 5.57. The summed E-state index contributed by atoms with van der Waals surface area (Å²) in [5, 5.41) is 2.85. The molecule has 0 aromatic heterocycles. The molecule has 0 heterocycles. The summed E-state index contributed by atoms with van der Waals surface area (Å²) in [4.78, 5) is 10.7. The maximum atomic E-state index is 12.8. The monoisotopic (exact) mass is 338 g/mol. The van der Waals surface area contributed by atoms with Gasteiger partial charge >= 0.3 is 6.18 Å². The second kappa shape index (κ2) is 6.38. The zero-order chi connectivity index (χ0) is 14.6. The van der Waals surface area contributed by atoms with Crippen molar-refractivity contribution in [1.82, 2.24) is 5.32 Å². The zero-order valence-electron chi connectivity index (χ0n) is 10.2. The van der Waals surface area contributed by atoms with Crippen molar-refractivity contribution >= 4 is 21.8 Å². The quantitative estimate of drug-likeness (QED) is 0.867. The van der Waals surface area contributed by atoms with Gasteiger partial charge in [-0.25, -0.2) is 0 Å². The van der Waals surface area contributed by atoms with Crippen LogP contribution in [0, 0.1) is 0 Å². The van der Waals surface area contributed by atoms with Gasteiger partial charge in [-0.1, -0.05) is 22.0 Å². The lowest BCUT2D eigenvalue weighted by atomic mass is 10.1. The van der Waals surface area contributed by atoms with Crippen molar-refractivity contribution in [2.24, 2.45) is 5.73 Å². The third kappa shape index (κ3) is 5.20. The SMILES string of the molecule is CC(CC(N)=O)NCc1ccc(Br)cc1C(F)(F)F. The van der Waals surface area contributed by atoms with E-state index < -0.39 is 17.6 Å². The maximum absolute atomic E-state index is 12.8. The third-order valence-electron chi connectivity index (χ3n) is 2.53. The van der Waals surface area contributed by atoms with Crippen molar-refractivity contribution in [3.8, 4) is 0 Å². The molecule has 1 aromatic carbocycles. The lowest BCUT2D eigenvalue weighted by Crippen LogP contribution is -2.31. The standard InChI is InChI=1S/C12H14BrF3N2O/c1-7(4-11(17)19)18-6-8-2-3-9(13)5-10(8)12(14,15)16/h2-3,5,7,18H,4,6H2,1H3,(H2,17,19). The Morgan fingerprint density at radius 2 is 2.11 bits per heavy atom. The predicted molar refractivity (Wildman–Crippen MR) is 69.3 cm³/mol. The Morgan fingerprint density at radius 1 is 1.47 bits per heavy atom. The highest BCUT2D eigenvalue weighted by molar-refractivity contribution is 9.10. The van der Waals surface area contributed by atoms with Crippen LogP contribution in [0.15, 0.2) is 22.7 Å². The molecule has 0 saturated carbocycles. The molecule has 0 fully saturated rings. The summed E-state index contributed by atoms with van der Waals surface area (Å²) in [5.41, 5.74) is 4.45. The molecule has 3 N–H and O–H groups in total. The van der Waals surface area contributed by atoms with Crippen LogP contribution in [-0.2, 0) is 17.5 Å². The van der Waals surface area contributed by atoms with E-state index in [0.29, 0.717) is 4.47 Å². The summed E-state index contributed by atoms with van der Waals surface area (Å²) in [6.07, 6.45) is -4.33. The number of carbonyl (C=O) groups excluding carboxylic acids is 1. The van der Waals surface area contributed by atoms with E-state index in [4.69, 9.17) is 5.73 Å². The van der Waals surface area contributed by atoms with Gasteiger partial charge in [0.2, 0.25) is 5.91 Å². The van der Waals surface area contributed by atoms with Crippen LogP contribution in [0.5, 0.6) is 0 Å². The molecule has 19 heavy (non-hydrogen) atoms. The Bertz CT molecular complexity index is 463. The highest BCUT2D eigenvalue weighted by Crippen LogP contribution is 2.33. The van der Waals surface area contributed by atoms with Crippen LogP contribution in [0.3, 0.4) is 0 Å². The molecule has 0 aliphatic heterocycles. The van der Waals surface area contributed by atoms with E-state index in [2.05, 4.69) is 21.2 Å². The van der Waals surface area contributed by atoms with Crippen LogP contribution in [0.2, 0.25) is 0 Å². The molecule has 0 radical (unpaired) electrons. The Morgan fingerprint density at radius 3 is 2.63 bits per heavy atom.